The smallest absolute Gasteiger partial charge is 0.152 e. The van der Waals surface area contributed by atoms with E-state index in [0.717, 1.165) is 17.4 Å². The van der Waals surface area contributed by atoms with E-state index in [0.29, 0.717) is 11.3 Å². The zero-order chi connectivity index (χ0) is 11.5. The van der Waals surface area contributed by atoms with E-state index in [9.17, 15) is 4.79 Å². The molecule has 2 heteroatoms. The van der Waals surface area contributed by atoms with Crippen LogP contribution in [-0.2, 0) is 0 Å². The monoisotopic (exact) mass is 211 g/mol. The summed E-state index contributed by atoms with van der Waals surface area (Å²) in [6.07, 6.45) is 0.786. The molecule has 0 aliphatic carbocycles. The standard InChI is InChI=1S/C14H13NO/c1-10-3-2-4-11(7-10)12-5-6-14(15)13(8-12)9-16/h2-9H,15H2,1H3. The van der Waals surface area contributed by atoms with Crippen LogP contribution in [-0.4, -0.2) is 6.29 Å². The number of aryl methyl sites for hydroxylation is 1. The summed E-state index contributed by atoms with van der Waals surface area (Å²) in [5.41, 5.74) is 10.0. The minimum absolute atomic E-state index is 0.520. The number of hydrogen-bond donors (Lipinski definition) is 1. The zero-order valence-corrected chi connectivity index (χ0v) is 9.10. The molecular weight excluding hydrogens is 198 g/mol. The summed E-state index contributed by atoms with van der Waals surface area (Å²) in [5.74, 6) is 0. The van der Waals surface area contributed by atoms with E-state index >= 15 is 0 Å². The SMILES string of the molecule is Cc1cccc(-c2ccc(N)c(C=O)c2)c1. The molecule has 0 radical (unpaired) electrons. The summed E-state index contributed by atoms with van der Waals surface area (Å²) in [4.78, 5) is 10.8. The zero-order valence-electron chi connectivity index (χ0n) is 9.10. The molecule has 2 rings (SSSR count). The maximum absolute atomic E-state index is 10.8. The molecule has 0 amide bonds. The Hall–Kier alpha value is -2.09. The Kier molecular flexibility index (Phi) is 2.73. The van der Waals surface area contributed by atoms with Crippen molar-refractivity contribution in [2.45, 2.75) is 6.92 Å². The minimum Gasteiger partial charge on any atom is -0.398 e. The van der Waals surface area contributed by atoms with Gasteiger partial charge in [0.05, 0.1) is 0 Å². The van der Waals surface area contributed by atoms with Crippen LogP contribution >= 0.6 is 0 Å². The van der Waals surface area contributed by atoms with Crippen molar-refractivity contribution in [1.29, 1.82) is 0 Å². The van der Waals surface area contributed by atoms with Gasteiger partial charge in [-0.1, -0.05) is 35.9 Å². The third-order valence-corrected chi connectivity index (χ3v) is 2.57. The quantitative estimate of drug-likeness (QED) is 0.612. The summed E-state index contributed by atoms with van der Waals surface area (Å²) >= 11 is 0. The van der Waals surface area contributed by atoms with E-state index < -0.39 is 0 Å². The largest absolute Gasteiger partial charge is 0.398 e. The lowest BCUT2D eigenvalue weighted by atomic mass is 10.0. The lowest BCUT2D eigenvalue weighted by Gasteiger charge is -2.05. The predicted octanol–water partition coefficient (Wildman–Crippen LogP) is 3.06. The molecule has 16 heavy (non-hydrogen) atoms. The number of carbonyl (C=O) groups excluding carboxylic acids is 1. The predicted molar refractivity (Wildman–Crippen MR) is 66.4 cm³/mol. The number of nitrogens with two attached hydrogens (primary N) is 1. The van der Waals surface area contributed by atoms with Crippen LogP contribution in [0.5, 0.6) is 0 Å². The van der Waals surface area contributed by atoms with Crippen LogP contribution in [0.15, 0.2) is 42.5 Å². The van der Waals surface area contributed by atoms with Crippen molar-refractivity contribution in [2.75, 3.05) is 5.73 Å². The van der Waals surface area contributed by atoms with E-state index in [1.54, 1.807) is 6.07 Å². The van der Waals surface area contributed by atoms with E-state index in [-0.39, 0.29) is 0 Å². The van der Waals surface area contributed by atoms with Crippen molar-refractivity contribution in [3.8, 4) is 11.1 Å². The van der Waals surface area contributed by atoms with Gasteiger partial charge in [0.25, 0.3) is 0 Å². The van der Waals surface area contributed by atoms with Crippen molar-refractivity contribution in [3.63, 3.8) is 0 Å². The topological polar surface area (TPSA) is 43.1 Å². The minimum atomic E-state index is 0.520. The lowest BCUT2D eigenvalue weighted by molar-refractivity contribution is 0.112. The van der Waals surface area contributed by atoms with Crippen LogP contribution in [0, 0.1) is 6.92 Å². The van der Waals surface area contributed by atoms with Gasteiger partial charge in [0.15, 0.2) is 6.29 Å². The lowest BCUT2D eigenvalue weighted by Crippen LogP contribution is -1.93. The second-order valence-corrected chi connectivity index (χ2v) is 3.83. The maximum atomic E-state index is 10.8. The van der Waals surface area contributed by atoms with Crippen LogP contribution < -0.4 is 5.73 Å². The number of benzene rings is 2. The first-order valence-corrected chi connectivity index (χ1v) is 5.12. The number of hydrogen-bond acceptors (Lipinski definition) is 2. The van der Waals surface area contributed by atoms with Gasteiger partial charge in [-0.3, -0.25) is 4.79 Å². The molecule has 0 aliphatic heterocycles. The fraction of sp³-hybridized carbons (Fsp3) is 0.0714. The van der Waals surface area contributed by atoms with Gasteiger partial charge in [0, 0.05) is 11.3 Å². The van der Waals surface area contributed by atoms with Gasteiger partial charge < -0.3 is 5.73 Å². The van der Waals surface area contributed by atoms with Gasteiger partial charge in [0.1, 0.15) is 0 Å². The van der Waals surface area contributed by atoms with Gasteiger partial charge in [0.2, 0.25) is 0 Å². The Labute approximate surface area is 94.7 Å². The number of nitrogen functional groups attached to an aromatic ring is 1. The van der Waals surface area contributed by atoms with Crippen molar-refractivity contribution in [2.24, 2.45) is 0 Å². The molecule has 0 saturated heterocycles. The average Bonchev–Trinajstić information content (AvgIpc) is 2.29. The molecule has 0 atom stereocenters. The van der Waals surface area contributed by atoms with E-state index in [4.69, 9.17) is 5.73 Å². The van der Waals surface area contributed by atoms with Gasteiger partial charge >= 0.3 is 0 Å². The summed E-state index contributed by atoms with van der Waals surface area (Å²) in [6.45, 7) is 2.04. The maximum Gasteiger partial charge on any atom is 0.152 e. The molecule has 80 valence electrons. The van der Waals surface area contributed by atoms with Crippen molar-refractivity contribution in [1.82, 2.24) is 0 Å². The van der Waals surface area contributed by atoms with E-state index in [1.165, 1.54) is 5.56 Å². The van der Waals surface area contributed by atoms with Crippen LogP contribution in [0.2, 0.25) is 0 Å². The van der Waals surface area contributed by atoms with Crippen molar-refractivity contribution in [3.05, 3.63) is 53.6 Å². The number of rotatable bonds is 2. The molecule has 0 spiro atoms. The third-order valence-electron chi connectivity index (χ3n) is 2.57. The molecular formula is C14H13NO. The van der Waals surface area contributed by atoms with Gasteiger partial charge in [-0.2, -0.15) is 0 Å². The van der Waals surface area contributed by atoms with Gasteiger partial charge in [-0.15, -0.1) is 0 Å². The Bertz CT molecular complexity index is 532. The summed E-state index contributed by atoms with van der Waals surface area (Å²) in [5, 5.41) is 0. The van der Waals surface area contributed by atoms with Crippen LogP contribution in [0.4, 0.5) is 5.69 Å². The molecule has 0 aliphatic rings. The Morgan fingerprint density at radius 1 is 1.06 bits per heavy atom. The molecule has 0 saturated carbocycles. The second kappa shape index (κ2) is 4.19. The normalized spacial score (nSPS) is 10.1. The highest BCUT2D eigenvalue weighted by Gasteiger charge is 2.02. The molecule has 2 nitrogen and oxygen atoms in total. The van der Waals surface area contributed by atoms with Gasteiger partial charge in [-0.05, 0) is 30.2 Å². The molecule has 0 bridgehead atoms. The highest BCUT2D eigenvalue weighted by Crippen LogP contribution is 2.23. The highest BCUT2D eigenvalue weighted by molar-refractivity contribution is 5.86. The number of anilines is 1. The van der Waals surface area contributed by atoms with E-state index in [2.05, 4.69) is 6.07 Å². The molecule has 0 unspecified atom stereocenters. The van der Waals surface area contributed by atoms with Crippen LogP contribution in [0.1, 0.15) is 15.9 Å². The van der Waals surface area contributed by atoms with Crippen LogP contribution in [0.25, 0.3) is 11.1 Å². The van der Waals surface area contributed by atoms with Crippen molar-refractivity contribution < 1.29 is 4.79 Å². The molecule has 0 heterocycles. The molecule has 2 aromatic rings. The Morgan fingerprint density at radius 3 is 2.50 bits per heavy atom. The first-order valence-electron chi connectivity index (χ1n) is 5.12. The third kappa shape index (κ3) is 1.96. The Balaban J connectivity index is 2.52. The highest BCUT2D eigenvalue weighted by atomic mass is 16.1. The average molecular weight is 211 g/mol. The van der Waals surface area contributed by atoms with Gasteiger partial charge in [-0.25, -0.2) is 0 Å². The molecule has 0 fully saturated rings. The van der Waals surface area contributed by atoms with Crippen LogP contribution in [0.3, 0.4) is 0 Å². The fourth-order valence-electron chi connectivity index (χ4n) is 1.68. The second-order valence-electron chi connectivity index (χ2n) is 3.83. The molecule has 2 aromatic carbocycles. The number of carbonyl (C=O) groups is 1. The summed E-state index contributed by atoms with van der Waals surface area (Å²) in [7, 11) is 0. The fourth-order valence-corrected chi connectivity index (χ4v) is 1.68. The molecule has 2 N–H and O–H groups in total. The first-order chi connectivity index (χ1) is 7.70. The Morgan fingerprint density at radius 2 is 1.81 bits per heavy atom. The van der Waals surface area contributed by atoms with E-state index in [1.807, 2.05) is 37.3 Å². The number of aldehydes is 1. The summed E-state index contributed by atoms with van der Waals surface area (Å²) < 4.78 is 0. The molecule has 0 aromatic heterocycles. The first kappa shape index (κ1) is 10.4. The summed E-state index contributed by atoms with van der Waals surface area (Å²) in [6, 6.07) is 13.7. The van der Waals surface area contributed by atoms with Crippen molar-refractivity contribution >= 4 is 12.0 Å².